The number of carbonyl (C=O) groups is 3. The van der Waals surface area contributed by atoms with Crippen molar-refractivity contribution in [2.45, 2.75) is 19.9 Å². The van der Waals surface area contributed by atoms with E-state index in [0.717, 1.165) is 5.56 Å². The molecule has 1 saturated heterocycles. The van der Waals surface area contributed by atoms with E-state index in [1.807, 2.05) is 6.07 Å². The zero-order valence-electron chi connectivity index (χ0n) is 15.4. The van der Waals surface area contributed by atoms with E-state index in [1.54, 1.807) is 42.1 Å². The number of hydrogen-bond donors (Lipinski definition) is 2. The Kier molecular flexibility index (Phi) is 5.58. The van der Waals surface area contributed by atoms with Gasteiger partial charge in [-0.1, -0.05) is 6.07 Å². The Labute approximate surface area is 157 Å². The molecule has 0 bridgehead atoms. The summed E-state index contributed by atoms with van der Waals surface area (Å²) in [5.74, 6) is -0.169. The minimum Gasteiger partial charge on any atom is -0.450 e. The summed E-state index contributed by atoms with van der Waals surface area (Å²) in [7, 11) is 0. The number of hydrogen-bond acceptors (Lipinski definition) is 5. The molecule has 4 amide bonds. The van der Waals surface area contributed by atoms with Crippen LogP contribution in [0.2, 0.25) is 0 Å². The second-order valence-electron chi connectivity index (χ2n) is 6.33. The molecule has 144 valence electrons. The summed E-state index contributed by atoms with van der Waals surface area (Å²) >= 11 is 0. The number of rotatable bonds is 3. The minimum atomic E-state index is -0.567. The van der Waals surface area contributed by atoms with Crippen molar-refractivity contribution in [3.8, 4) is 0 Å². The Morgan fingerprint density at radius 2 is 1.96 bits per heavy atom. The third-order valence-electron chi connectivity index (χ3n) is 4.61. The lowest BCUT2D eigenvalue weighted by Gasteiger charge is -2.37. The van der Waals surface area contributed by atoms with Gasteiger partial charge < -0.3 is 25.2 Å². The van der Waals surface area contributed by atoms with Crippen LogP contribution < -0.4 is 10.6 Å². The van der Waals surface area contributed by atoms with Gasteiger partial charge in [-0.2, -0.15) is 0 Å². The number of piperazine rings is 1. The normalized spacial score (nSPS) is 20.1. The maximum atomic E-state index is 13.2. The van der Waals surface area contributed by atoms with E-state index in [-0.39, 0.29) is 18.0 Å². The summed E-state index contributed by atoms with van der Waals surface area (Å²) in [6, 6.07) is 2.66. The topological polar surface area (TPSA) is 104 Å². The van der Waals surface area contributed by atoms with E-state index in [2.05, 4.69) is 15.6 Å². The lowest BCUT2D eigenvalue weighted by atomic mass is 9.95. The molecular weight excluding hydrogens is 350 g/mol. The number of urea groups is 1. The number of amides is 4. The third kappa shape index (κ3) is 4.02. The van der Waals surface area contributed by atoms with E-state index >= 15 is 0 Å². The molecule has 2 N–H and O–H groups in total. The number of ether oxygens (including phenoxy) is 1. The molecule has 2 aliphatic rings. The van der Waals surface area contributed by atoms with Crippen molar-refractivity contribution in [3.05, 3.63) is 41.4 Å². The van der Waals surface area contributed by atoms with Gasteiger partial charge in [-0.15, -0.1) is 0 Å². The minimum absolute atomic E-state index is 0.169. The highest BCUT2D eigenvalue weighted by Crippen LogP contribution is 2.28. The summed E-state index contributed by atoms with van der Waals surface area (Å²) < 4.78 is 5.01. The molecule has 1 aromatic rings. The second kappa shape index (κ2) is 8.07. The number of pyridine rings is 1. The van der Waals surface area contributed by atoms with Crippen molar-refractivity contribution in [2.24, 2.45) is 0 Å². The number of aromatic nitrogens is 1. The molecule has 1 fully saturated rings. The van der Waals surface area contributed by atoms with E-state index in [4.69, 9.17) is 4.74 Å². The lowest BCUT2D eigenvalue weighted by Crippen LogP contribution is -2.53. The molecule has 9 nitrogen and oxygen atoms in total. The highest BCUT2D eigenvalue weighted by Gasteiger charge is 2.35. The van der Waals surface area contributed by atoms with Crippen molar-refractivity contribution >= 4 is 18.0 Å². The first-order chi connectivity index (χ1) is 13.0. The van der Waals surface area contributed by atoms with Gasteiger partial charge in [-0.05, 0) is 25.5 Å². The van der Waals surface area contributed by atoms with Crippen molar-refractivity contribution in [3.63, 3.8) is 0 Å². The summed E-state index contributed by atoms with van der Waals surface area (Å²) in [6.07, 6.45) is 2.91. The zero-order chi connectivity index (χ0) is 19.4. The fourth-order valence-corrected chi connectivity index (χ4v) is 3.25. The lowest BCUT2D eigenvalue weighted by molar-refractivity contribution is -0.129. The van der Waals surface area contributed by atoms with Crippen molar-refractivity contribution in [2.75, 3.05) is 32.8 Å². The SMILES string of the molecule is CCOC(=O)N1CCN(C(=O)C2=C(C)NC(=O)N[C@H]2c2cccnc2)CC1. The molecule has 1 aromatic heterocycles. The standard InChI is InChI=1S/C18H23N5O4/c1-3-27-18(26)23-9-7-22(8-10-23)16(24)14-12(2)20-17(25)21-15(14)13-5-4-6-19-11-13/h4-6,11,15H,3,7-10H2,1-2H3,(H2,20,21,25)/t15-/m0/s1. The molecule has 0 aliphatic carbocycles. The van der Waals surface area contributed by atoms with Crippen LogP contribution in [0.1, 0.15) is 25.5 Å². The molecule has 0 radical (unpaired) electrons. The molecule has 1 atom stereocenters. The van der Waals surface area contributed by atoms with Crippen molar-refractivity contribution in [1.82, 2.24) is 25.4 Å². The van der Waals surface area contributed by atoms with Crippen LogP contribution in [0.25, 0.3) is 0 Å². The van der Waals surface area contributed by atoms with Crippen LogP contribution >= 0.6 is 0 Å². The second-order valence-corrected chi connectivity index (χ2v) is 6.33. The van der Waals surface area contributed by atoms with Crippen LogP contribution in [-0.4, -0.2) is 65.6 Å². The maximum absolute atomic E-state index is 13.2. The Hall–Kier alpha value is -3.10. The highest BCUT2D eigenvalue weighted by molar-refractivity contribution is 5.98. The Morgan fingerprint density at radius 3 is 2.59 bits per heavy atom. The van der Waals surface area contributed by atoms with Gasteiger partial charge in [-0.3, -0.25) is 9.78 Å². The van der Waals surface area contributed by atoms with Crippen molar-refractivity contribution in [1.29, 1.82) is 0 Å². The first kappa shape index (κ1) is 18.7. The van der Waals surface area contributed by atoms with Gasteiger partial charge in [0.05, 0.1) is 18.2 Å². The molecule has 0 spiro atoms. The van der Waals surface area contributed by atoms with Crippen LogP contribution in [0, 0.1) is 0 Å². The summed E-state index contributed by atoms with van der Waals surface area (Å²) in [5, 5.41) is 5.47. The van der Waals surface area contributed by atoms with Crippen LogP contribution in [-0.2, 0) is 9.53 Å². The predicted molar refractivity (Wildman–Crippen MR) is 96.5 cm³/mol. The average Bonchev–Trinajstić information content (AvgIpc) is 2.68. The third-order valence-corrected chi connectivity index (χ3v) is 4.61. The molecule has 0 saturated carbocycles. The van der Waals surface area contributed by atoms with Gasteiger partial charge in [0.2, 0.25) is 0 Å². The molecule has 3 heterocycles. The van der Waals surface area contributed by atoms with Crippen LogP contribution in [0.5, 0.6) is 0 Å². The van der Waals surface area contributed by atoms with E-state index in [9.17, 15) is 14.4 Å². The number of nitrogens with zero attached hydrogens (tertiary/aromatic N) is 3. The van der Waals surface area contributed by atoms with Gasteiger partial charge >= 0.3 is 12.1 Å². The molecule has 3 rings (SSSR count). The molecule has 27 heavy (non-hydrogen) atoms. The fourth-order valence-electron chi connectivity index (χ4n) is 3.25. The molecular formula is C18H23N5O4. The number of carbonyl (C=O) groups excluding carboxylic acids is 3. The molecule has 0 aromatic carbocycles. The number of nitrogens with one attached hydrogen (secondary N) is 2. The van der Waals surface area contributed by atoms with Gasteiger partial charge in [0, 0.05) is 44.3 Å². The van der Waals surface area contributed by atoms with Crippen LogP contribution in [0.15, 0.2) is 35.8 Å². The van der Waals surface area contributed by atoms with Gasteiger partial charge in [0.25, 0.3) is 5.91 Å². The zero-order valence-corrected chi connectivity index (χ0v) is 15.4. The maximum Gasteiger partial charge on any atom is 0.409 e. The molecule has 9 heteroatoms. The number of allylic oxidation sites excluding steroid dienone is 1. The van der Waals surface area contributed by atoms with Gasteiger partial charge in [0.1, 0.15) is 0 Å². The smallest absolute Gasteiger partial charge is 0.409 e. The summed E-state index contributed by atoms with van der Waals surface area (Å²) in [5.41, 5.74) is 1.73. The van der Waals surface area contributed by atoms with E-state index in [1.165, 1.54) is 0 Å². The Bertz CT molecular complexity index is 756. The first-order valence-electron chi connectivity index (χ1n) is 8.90. The summed E-state index contributed by atoms with van der Waals surface area (Å²) in [4.78, 5) is 44.3. The Morgan fingerprint density at radius 1 is 1.26 bits per heavy atom. The Balaban J connectivity index is 1.77. The summed E-state index contributed by atoms with van der Waals surface area (Å²) in [6.45, 7) is 5.43. The largest absolute Gasteiger partial charge is 0.450 e. The van der Waals surface area contributed by atoms with Crippen molar-refractivity contribution < 1.29 is 19.1 Å². The van der Waals surface area contributed by atoms with Gasteiger partial charge in [-0.25, -0.2) is 9.59 Å². The van der Waals surface area contributed by atoms with E-state index in [0.29, 0.717) is 44.1 Å². The monoisotopic (exact) mass is 373 g/mol. The average molecular weight is 373 g/mol. The van der Waals surface area contributed by atoms with Crippen LogP contribution in [0.4, 0.5) is 9.59 Å². The van der Waals surface area contributed by atoms with Crippen LogP contribution in [0.3, 0.4) is 0 Å². The molecule has 2 aliphatic heterocycles. The molecule has 0 unspecified atom stereocenters. The first-order valence-corrected chi connectivity index (χ1v) is 8.90. The van der Waals surface area contributed by atoms with Gasteiger partial charge in [0.15, 0.2) is 0 Å². The quantitative estimate of drug-likeness (QED) is 0.823. The fraction of sp³-hybridized carbons (Fsp3) is 0.444. The highest BCUT2D eigenvalue weighted by atomic mass is 16.6. The van der Waals surface area contributed by atoms with E-state index < -0.39 is 6.04 Å². The predicted octanol–water partition coefficient (Wildman–Crippen LogP) is 1.01.